The first-order valence-electron chi connectivity index (χ1n) is 24.4. The zero-order chi connectivity index (χ0) is 46.6. The van der Waals surface area contributed by atoms with Gasteiger partial charge in [-0.3, -0.25) is 0 Å². The molecule has 0 radical (unpaired) electrons. The molecule has 1 aliphatic rings. The van der Waals surface area contributed by atoms with Gasteiger partial charge in [0, 0.05) is 49.3 Å². The Bertz CT molecular complexity index is 4350. The van der Waals surface area contributed by atoms with Crippen LogP contribution in [0.5, 0.6) is 11.5 Å². The molecule has 0 unspecified atom stereocenters. The molecular weight excluding hydrogens is 879 g/mol. The number of para-hydroxylation sites is 6. The van der Waals surface area contributed by atoms with Crippen molar-refractivity contribution in [2.75, 3.05) is 0 Å². The molecule has 71 heavy (non-hydrogen) atoms. The molecule has 0 bridgehead atoms. The third kappa shape index (κ3) is 5.72. The average Bonchev–Trinajstić information content (AvgIpc) is 4.08. The molecule has 14 aromatic rings. The molecule has 0 spiro atoms. The van der Waals surface area contributed by atoms with Crippen molar-refractivity contribution in [2.24, 2.45) is 0 Å². The number of hydrogen-bond donors (Lipinski definition) is 0. The first kappa shape index (κ1) is 39.8. The number of hydrogen-bond acceptors (Lipinski definition) is 1. The Morgan fingerprint density at radius 3 is 1.32 bits per heavy atom. The molecule has 15 rings (SSSR count). The molecule has 0 amide bonds. The molecule has 3 aromatic heterocycles. The van der Waals surface area contributed by atoms with E-state index in [2.05, 4.69) is 275 Å². The summed E-state index contributed by atoms with van der Waals surface area (Å²) < 4.78 is 14.2. The Morgan fingerprint density at radius 1 is 0.282 bits per heavy atom. The second kappa shape index (κ2) is 15.4. The molecule has 4 nitrogen and oxygen atoms in total. The topological polar surface area (TPSA) is 24.0 Å². The van der Waals surface area contributed by atoms with Gasteiger partial charge in [-0.1, -0.05) is 182 Å². The van der Waals surface area contributed by atoms with Crippen molar-refractivity contribution in [3.8, 4) is 39.7 Å². The number of nitrogens with zero attached hydrogens (tertiary/aromatic N) is 3. The minimum atomic E-state index is -2.93. The maximum atomic E-state index is 6.75. The van der Waals surface area contributed by atoms with E-state index in [1.165, 1.54) is 86.3 Å². The van der Waals surface area contributed by atoms with Gasteiger partial charge < -0.3 is 18.4 Å². The maximum absolute atomic E-state index is 6.75. The van der Waals surface area contributed by atoms with E-state index in [0.29, 0.717) is 0 Å². The molecule has 0 fully saturated rings. The van der Waals surface area contributed by atoms with Gasteiger partial charge in [0.15, 0.2) is 8.07 Å². The molecule has 0 N–H and O–H groups in total. The molecule has 0 saturated carbocycles. The Hall–Kier alpha value is -9.16. The predicted molar refractivity (Wildman–Crippen MR) is 299 cm³/mol. The molecule has 1 aliphatic heterocycles. The Labute approximate surface area is 411 Å². The maximum Gasteiger partial charge on any atom is 0.188 e. The van der Waals surface area contributed by atoms with E-state index >= 15 is 0 Å². The van der Waals surface area contributed by atoms with E-state index in [0.717, 1.165) is 39.6 Å². The van der Waals surface area contributed by atoms with E-state index in [1.807, 2.05) is 0 Å². The number of benzene rings is 11. The number of aromatic nitrogens is 3. The molecule has 11 aromatic carbocycles. The van der Waals surface area contributed by atoms with E-state index in [9.17, 15) is 0 Å². The van der Waals surface area contributed by atoms with Crippen LogP contribution in [0.3, 0.4) is 0 Å². The molecule has 0 aliphatic carbocycles. The van der Waals surface area contributed by atoms with Crippen LogP contribution >= 0.6 is 0 Å². The number of ether oxygens (including phenoxy) is 1. The predicted octanol–water partition coefficient (Wildman–Crippen LogP) is 14.1. The van der Waals surface area contributed by atoms with Crippen LogP contribution in [0.25, 0.3) is 93.6 Å². The van der Waals surface area contributed by atoms with Gasteiger partial charge in [0.25, 0.3) is 0 Å². The van der Waals surface area contributed by atoms with Crippen LogP contribution in [-0.2, 0) is 0 Å². The second-order valence-corrected chi connectivity index (χ2v) is 22.5. The zero-order valence-electron chi connectivity index (χ0n) is 38.6. The van der Waals surface area contributed by atoms with Crippen LogP contribution in [0.15, 0.2) is 261 Å². The Kier molecular flexibility index (Phi) is 8.64. The molecule has 332 valence electrons. The molecule has 5 heteroatoms. The van der Waals surface area contributed by atoms with Crippen LogP contribution in [0.2, 0.25) is 0 Å². The lowest BCUT2D eigenvalue weighted by Crippen LogP contribution is -2.76. The highest BCUT2D eigenvalue weighted by molar-refractivity contribution is 7.20. The van der Waals surface area contributed by atoms with E-state index < -0.39 is 8.07 Å². The van der Waals surface area contributed by atoms with Crippen molar-refractivity contribution >= 4 is 94.2 Å². The lowest BCUT2D eigenvalue weighted by atomic mass is 10.0. The molecule has 0 saturated heterocycles. The summed E-state index contributed by atoms with van der Waals surface area (Å²) >= 11 is 0. The van der Waals surface area contributed by atoms with Crippen LogP contribution in [-0.4, -0.2) is 21.8 Å². The van der Waals surface area contributed by atoms with Gasteiger partial charge in [-0.15, -0.1) is 0 Å². The highest BCUT2D eigenvalue weighted by Gasteiger charge is 2.48. The third-order valence-electron chi connectivity index (χ3n) is 15.2. The highest BCUT2D eigenvalue weighted by atomic mass is 28.3. The van der Waals surface area contributed by atoms with Crippen molar-refractivity contribution in [1.29, 1.82) is 0 Å². The Balaban J connectivity index is 1.03. The summed E-state index contributed by atoms with van der Waals surface area (Å²) in [6.07, 6.45) is 0. The fourth-order valence-corrected chi connectivity index (χ4v) is 17.2. The normalized spacial score (nSPS) is 13.0. The average molecular weight is 922 g/mol. The lowest BCUT2D eigenvalue weighted by Gasteiger charge is -2.39. The van der Waals surface area contributed by atoms with Crippen LogP contribution < -0.4 is 25.5 Å². The zero-order valence-corrected chi connectivity index (χ0v) is 39.6. The van der Waals surface area contributed by atoms with Crippen molar-refractivity contribution < 1.29 is 4.74 Å². The highest BCUT2D eigenvalue weighted by Crippen LogP contribution is 2.41. The van der Waals surface area contributed by atoms with Crippen molar-refractivity contribution in [3.63, 3.8) is 0 Å². The van der Waals surface area contributed by atoms with E-state index in [-0.39, 0.29) is 0 Å². The second-order valence-electron chi connectivity index (χ2n) is 18.8. The van der Waals surface area contributed by atoms with Crippen molar-refractivity contribution in [3.05, 3.63) is 261 Å². The van der Waals surface area contributed by atoms with Crippen LogP contribution in [0.4, 0.5) is 0 Å². The summed E-state index contributed by atoms with van der Waals surface area (Å²) in [6.45, 7) is 0. The van der Waals surface area contributed by atoms with Gasteiger partial charge >= 0.3 is 0 Å². The molecule has 0 atom stereocenters. The SMILES string of the molecule is c1ccc(-c2ccccc2-n2c3ccc(-n4c5ccccc5c5ccccc54)cc3c3cc(-n4c5ccccc5c5ccc([Si]6(c7ccccc7)c7ccccc7Oc7ccccc76)cc54)ccc32)cc1. The standard InChI is InChI=1S/C66H43N3OSi/c1-3-19-44(20-4-1)49-23-7-11-27-56(49)69-60-39-35-45(67-57-28-12-8-24-50(57)51-25-9-13-29-58(51)67)41-54(60)55-42-46(36-40-61(55)69)68-59-30-14-10-26-52(59)53-38-37-48(43-62(53)68)71(47-21-5-2-6-22-47)65-33-17-15-31-63(65)70-64-32-16-18-34-66(64)71/h1-43H. The van der Waals surface area contributed by atoms with Gasteiger partial charge in [0.2, 0.25) is 0 Å². The van der Waals surface area contributed by atoms with Crippen molar-refractivity contribution in [1.82, 2.24) is 13.7 Å². The van der Waals surface area contributed by atoms with Crippen LogP contribution in [0.1, 0.15) is 0 Å². The van der Waals surface area contributed by atoms with Crippen molar-refractivity contribution in [2.45, 2.75) is 0 Å². The van der Waals surface area contributed by atoms with Gasteiger partial charge in [-0.2, -0.15) is 0 Å². The van der Waals surface area contributed by atoms with Gasteiger partial charge in [0.1, 0.15) is 11.5 Å². The van der Waals surface area contributed by atoms with E-state index in [4.69, 9.17) is 4.74 Å². The summed E-state index contributed by atoms with van der Waals surface area (Å²) in [6, 6.07) is 96.1. The first-order valence-corrected chi connectivity index (χ1v) is 26.4. The quantitative estimate of drug-likeness (QED) is 0.153. The smallest absolute Gasteiger partial charge is 0.188 e. The lowest BCUT2D eigenvalue weighted by molar-refractivity contribution is 0.487. The summed E-state index contributed by atoms with van der Waals surface area (Å²) in [5.74, 6) is 1.86. The summed E-state index contributed by atoms with van der Waals surface area (Å²) in [4.78, 5) is 0. The molecular formula is C66H43N3OSi. The van der Waals surface area contributed by atoms with E-state index in [1.54, 1.807) is 0 Å². The number of rotatable bonds is 6. The summed E-state index contributed by atoms with van der Waals surface area (Å²) in [5.41, 5.74) is 12.8. The van der Waals surface area contributed by atoms with Gasteiger partial charge in [-0.05, 0) is 105 Å². The Morgan fingerprint density at radius 2 is 0.732 bits per heavy atom. The minimum Gasteiger partial charge on any atom is -0.458 e. The number of fused-ring (bicyclic) bond motifs is 11. The summed E-state index contributed by atoms with van der Waals surface area (Å²) in [7, 11) is -2.93. The minimum absolute atomic E-state index is 0.929. The van der Waals surface area contributed by atoms with Crippen LogP contribution in [0, 0.1) is 0 Å². The van der Waals surface area contributed by atoms with Gasteiger partial charge in [0.05, 0.1) is 38.8 Å². The summed E-state index contributed by atoms with van der Waals surface area (Å²) in [5, 5.41) is 12.5. The fourth-order valence-electron chi connectivity index (χ4n) is 12.2. The first-order chi connectivity index (χ1) is 35.2. The van der Waals surface area contributed by atoms with Gasteiger partial charge in [-0.25, -0.2) is 0 Å². The monoisotopic (exact) mass is 921 g/mol. The molecule has 4 heterocycles. The largest absolute Gasteiger partial charge is 0.458 e. The fraction of sp³-hybridized carbons (Fsp3) is 0. The third-order valence-corrected chi connectivity index (χ3v) is 20.0.